The molecule has 0 bridgehead atoms. The van der Waals surface area contributed by atoms with Crippen LogP contribution in [-0.4, -0.2) is 22.1 Å². The van der Waals surface area contributed by atoms with Crippen molar-refractivity contribution in [1.29, 1.82) is 0 Å². The third-order valence-electron chi connectivity index (χ3n) is 2.33. The van der Waals surface area contributed by atoms with E-state index in [0.717, 1.165) is 11.3 Å². The van der Waals surface area contributed by atoms with Gasteiger partial charge in [0.2, 0.25) is 0 Å². The first-order valence-electron chi connectivity index (χ1n) is 5.31. The molecule has 7 nitrogen and oxygen atoms in total. The molecule has 106 valence electrons. The molecular weight excluding hydrogens is 308 g/mol. The van der Waals surface area contributed by atoms with Gasteiger partial charge in [-0.25, -0.2) is 0 Å². The molecule has 1 aromatic carbocycles. The van der Waals surface area contributed by atoms with E-state index in [0.29, 0.717) is 4.88 Å². The van der Waals surface area contributed by atoms with Gasteiger partial charge in [0.05, 0.1) is 29.6 Å². The molecule has 0 saturated carbocycles. The van der Waals surface area contributed by atoms with Crippen LogP contribution in [0.5, 0.6) is 16.7 Å². The molecule has 0 amide bonds. The molecule has 1 aromatic heterocycles. The monoisotopic (exact) mass is 316 g/mol. The van der Waals surface area contributed by atoms with E-state index in [9.17, 15) is 10.1 Å². The highest BCUT2D eigenvalue weighted by molar-refractivity contribution is 7.13. The number of halogens is 1. The number of ether oxygens (including phenoxy) is 2. The predicted octanol–water partition coefficient (Wildman–Crippen LogP) is 3.00. The lowest BCUT2D eigenvalue weighted by Gasteiger charge is -2.07. The van der Waals surface area contributed by atoms with E-state index < -0.39 is 4.92 Å². The summed E-state index contributed by atoms with van der Waals surface area (Å²) >= 11 is 6.87. The van der Waals surface area contributed by atoms with Gasteiger partial charge in [-0.2, -0.15) is 4.98 Å². The second-order valence-electron chi connectivity index (χ2n) is 3.55. The zero-order valence-electron chi connectivity index (χ0n) is 10.2. The molecule has 1 N–H and O–H groups in total. The molecule has 20 heavy (non-hydrogen) atoms. The number of benzene rings is 1. The Hall–Kier alpha value is -1.90. The van der Waals surface area contributed by atoms with E-state index in [-0.39, 0.29) is 34.1 Å². The molecule has 2 aromatic rings. The molecule has 1 heterocycles. The summed E-state index contributed by atoms with van der Waals surface area (Å²) in [4.78, 5) is 14.5. The summed E-state index contributed by atoms with van der Waals surface area (Å²) in [6.07, 6.45) is 0. The van der Waals surface area contributed by atoms with Crippen LogP contribution >= 0.6 is 22.9 Å². The smallest absolute Gasteiger partial charge is 0.280 e. The average molecular weight is 317 g/mol. The summed E-state index contributed by atoms with van der Waals surface area (Å²) < 4.78 is 10.5. The minimum absolute atomic E-state index is 0.109. The molecule has 0 saturated heterocycles. The second-order valence-corrected chi connectivity index (χ2v) is 4.95. The molecule has 0 unspecified atom stereocenters. The molecule has 0 aliphatic carbocycles. The van der Waals surface area contributed by atoms with Crippen molar-refractivity contribution in [1.82, 2.24) is 4.98 Å². The average Bonchev–Trinajstić information content (AvgIpc) is 2.79. The Bertz CT molecular complexity index is 646. The lowest BCUT2D eigenvalue weighted by atomic mass is 10.3. The second kappa shape index (κ2) is 6.04. The van der Waals surface area contributed by atoms with Crippen molar-refractivity contribution in [2.45, 2.75) is 6.61 Å². The Kier molecular flexibility index (Phi) is 4.38. The zero-order valence-corrected chi connectivity index (χ0v) is 11.8. The van der Waals surface area contributed by atoms with Crippen molar-refractivity contribution >= 4 is 28.6 Å². The van der Waals surface area contributed by atoms with Gasteiger partial charge in [0.15, 0.2) is 11.5 Å². The van der Waals surface area contributed by atoms with Gasteiger partial charge in [-0.1, -0.05) is 22.9 Å². The van der Waals surface area contributed by atoms with E-state index in [4.69, 9.17) is 26.2 Å². The SMILES string of the molecule is COc1cc([N+](=O)[O-])ccc1Oc1nc(Cl)c(CO)s1. The van der Waals surface area contributed by atoms with Gasteiger partial charge in [0, 0.05) is 6.07 Å². The van der Waals surface area contributed by atoms with Crippen LogP contribution in [0, 0.1) is 10.1 Å². The number of aromatic nitrogens is 1. The summed E-state index contributed by atoms with van der Waals surface area (Å²) in [5, 5.41) is 20.1. The largest absolute Gasteiger partial charge is 0.493 e. The number of thiazole rings is 1. The maximum absolute atomic E-state index is 10.7. The van der Waals surface area contributed by atoms with Crippen molar-refractivity contribution in [3.63, 3.8) is 0 Å². The molecule has 0 fully saturated rings. The fourth-order valence-electron chi connectivity index (χ4n) is 1.40. The van der Waals surface area contributed by atoms with Crippen LogP contribution in [0.4, 0.5) is 5.69 Å². The van der Waals surface area contributed by atoms with Crippen molar-refractivity contribution in [2.75, 3.05) is 7.11 Å². The number of nitro groups is 1. The normalized spacial score (nSPS) is 10.3. The Morgan fingerprint density at radius 2 is 2.25 bits per heavy atom. The number of rotatable bonds is 5. The Labute approximate surface area is 122 Å². The summed E-state index contributed by atoms with van der Waals surface area (Å²) in [5.74, 6) is 0.476. The van der Waals surface area contributed by atoms with Crippen LogP contribution in [0.25, 0.3) is 0 Å². The highest BCUT2D eigenvalue weighted by atomic mass is 35.5. The van der Waals surface area contributed by atoms with E-state index in [1.165, 1.54) is 25.3 Å². The number of nitrogens with zero attached hydrogens (tertiary/aromatic N) is 2. The first-order chi connectivity index (χ1) is 9.55. The van der Waals surface area contributed by atoms with Gasteiger partial charge in [0.25, 0.3) is 10.9 Å². The zero-order chi connectivity index (χ0) is 14.7. The summed E-state index contributed by atoms with van der Waals surface area (Å²) in [6, 6.07) is 3.95. The summed E-state index contributed by atoms with van der Waals surface area (Å²) in [7, 11) is 1.37. The summed E-state index contributed by atoms with van der Waals surface area (Å²) in [5.41, 5.74) is -0.109. The van der Waals surface area contributed by atoms with E-state index in [1.807, 2.05) is 0 Å². The minimum atomic E-state index is -0.531. The number of aliphatic hydroxyl groups excluding tert-OH is 1. The molecule has 9 heteroatoms. The highest BCUT2D eigenvalue weighted by Crippen LogP contribution is 2.37. The molecule has 0 radical (unpaired) electrons. The fraction of sp³-hybridized carbons (Fsp3) is 0.182. The number of hydrogen-bond acceptors (Lipinski definition) is 7. The summed E-state index contributed by atoms with van der Waals surface area (Å²) in [6.45, 7) is -0.239. The maximum Gasteiger partial charge on any atom is 0.280 e. The molecular formula is C11H9ClN2O5S. The Balaban J connectivity index is 2.30. The Morgan fingerprint density at radius 3 is 2.80 bits per heavy atom. The number of non-ortho nitro benzene ring substituents is 1. The minimum Gasteiger partial charge on any atom is -0.493 e. The van der Waals surface area contributed by atoms with Gasteiger partial charge in [0.1, 0.15) is 5.15 Å². The molecule has 0 aliphatic rings. The molecule has 2 rings (SSSR count). The quantitative estimate of drug-likeness (QED) is 0.673. The van der Waals surface area contributed by atoms with Crippen LogP contribution in [-0.2, 0) is 6.61 Å². The van der Waals surface area contributed by atoms with Gasteiger partial charge >= 0.3 is 0 Å². The van der Waals surface area contributed by atoms with Crippen LogP contribution in [0.15, 0.2) is 18.2 Å². The van der Waals surface area contributed by atoms with E-state index >= 15 is 0 Å². The van der Waals surface area contributed by atoms with Crippen LogP contribution in [0.2, 0.25) is 5.15 Å². The van der Waals surface area contributed by atoms with Gasteiger partial charge in [-0.3, -0.25) is 10.1 Å². The van der Waals surface area contributed by atoms with E-state index in [2.05, 4.69) is 4.98 Å². The van der Waals surface area contributed by atoms with Crippen molar-refractivity contribution in [3.8, 4) is 16.7 Å². The standard InChI is InChI=1S/C11H9ClN2O5S/c1-18-8-4-6(14(16)17)2-3-7(8)19-11-13-10(12)9(5-15)20-11/h2-4,15H,5H2,1H3. The number of nitro benzene ring substituents is 1. The Morgan fingerprint density at radius 1 is 1.50 bits per heavy atom. The fourth-order valence-corrected chi connectivity index (χ4v) is 2.38. The van der Waals surface area contributed by atoms with Gasteiger partial charge in [-0.15, -0.1) is 0 Å². The highest BCUT2D eigenvalue weighted by Gasteiger charge is 2.16. The first-order valence-corrected chi connectivity index (χ1v) is 6.51. The third-order valence-corrected chi connectivity index (χ3v) is 3.67. The van der Waals surface area contributed by atoms with Crippen molar-refractivity contribution < 1.29 is 19.5 Å². The number of aliphatic hydroxyl groups is 1. The van der Waals surface area contributed by atoms with Crippen LogP contribution in [0.3, 0.4) is 0 Å². The van der Waals surface area contributed by atoms with Crippen LogP contribution < -0.4 is 9.47 Å². The topological polar surface area (TPSA) is 94.7 Å². The van der Waals surface area contributed by atoms with E-state index in [1.54, 1.807) is 0 Å². The predicted molar refractivity (Wildman–Crippen MR) is 72.8 cm³/mol. The third kappa shape index (κ3) is 2.98. The molecule has 0 atom stereocenters. The number of hydrogen-bond donors (Lipinski definition) is 1. The lowest BCUT2D eigenvalue weighted by Crippen LogP contribution is -1.93. The first kappa shape index (κ1) is 14.5. The lowest BCUT2D eigenvalue weighted by molar-refractivity contribution is -0.384. The molecule has 0 aliphatic heterocycles. The van der Waals surface area contributed by atoms with Crippen molar-refractivity contribution in [2.24, 2.45) is 0 Å². The number of methoxy groups -OCH3 is 1. The van der Waals surface area contributed by atoms with Gasteiger partial charge in [-0.05, 0) is 6.07 Å². The van der Waals surface area contributed by atoms with Crippen molar-refractivity contribution in [3.05, 3.63) is 38.3 Å². The van der Waals surface area contributed by atoms with Crippen LogP contribution in [0.1, 0.15) is 4.88 Å². The van der Waals surface area contributed by atoms with Gasteiger partial charge < -0.3 is 14.6 Å². The molecule has 0 spiro atoms. The maximum atomic E-state index is 10.7.